The number of aromatic nitrogens is 2. The van der Waals surface area contributed by atoms with Crippen molar-refractivity contribution in [2.24, 2.45) is 0 Å². The first-order valence-electron chi connectivity index (χ1n) is 8.33. The Bertz CT molecular complexity index is 883. The highest BCUT2D eigenvalue weighted by Crippen LogP contribution is 2.23. The van der Waals surface area contributed by atoms with E-state index >= 15 is 0 Å². The van der Waals surface area contributed by atoms with Crippen LogP contribution >= 0.6 is 0 Å². The average molecular weight is 351 g/mol. The van der Waals surface area contributed by atoms with Crippen molar-refractivity contribution in [3.05, 3.63) is 65.5 Å². The molecule has 3 rings (SSSR count). The molecule has 0 saturated carbocycles. The van der Waals surface area contributed by atoms with Crippen molar-refractivity contribution in [2.75, 3.05) is 19.0 Å². The second-order valence-corrected chi connectivity index (χ2v) is 6.30. The van der Waals surface area contributed by atoms with E-state index in [-0.39, 0.29) is 5.89 Å². The summed E-state index contributed by atoms with van der Waals surface area (Å²) >= 11 is 0. The molecule has 0 aliphatic heterocycles. The van der Waals surface area contributed by atoms with E-state index in [0.29, 0.717) is 11.5 Å². The number of anilines is 1. The molecule has 0 aliphatic carbocycles. The van der Waals surface area contributed by atoms with Crippen molar-refractivity contribution < 1.29 is 13.9 Å². The number of carbonyl (C=O) groups is 1. The third-order valence-electron chi connectivity index (χ3n) is 3.99. The predicted molar refractivity (Wildman–Crippen MR) is 99.1 cm³/mol. The molecule has 0 amide bonds. The number of esters is 1. The molecule has 0 unspecified atom stereocenters. The summed E-state index contributed by atoms with van der Waals surface area (Å²) in [5.41, 5.74) is 3.46. The first-order valence-corrected chi connectivity index (χ1v) is 8.33. The molecule has 0 fully saturated rings. The van der Waals surface area contributed by atoms with Gasteiger partial charge in [-0.2, -0.15) is 0 Å². The zero-order chi connectivity index (χ0) is 18.7. The van der Waals surface area contributed by atoms with Crippen LogP contribution in [0.25, 0.3) is 11.5 Å². The van der Waals surface area contributed by atoms with E-state index in [1.165, 1.54) is 0 Å². The Balaban J connectivity index is 1.68. The van der Waals surface area contributed by atoms with Crippen LogP contribution < -0.4 is 4.90 Å². The number of benzene rings is 2. The maximum Gasteiger partial charge on any atom is 0.338 e. The minimum atomic E-state index is -0.636. The molecular formula is C20H21N3O3. The maximum atomic E-state index is 12.3. The van der Waals surface area contributed by atoms with Crippen LogP contribution in [0.15, 0.2) is 52.9 Å². The Morgan fingerprint density at radius 2 is 1.69 bits per heavy atom. The van der Waals surface area contributed by atoms with E-state index in [1.54, 1.807) is 19.1 Å². The van der Waals surface area contributed by atoms with Gasteiger partial charge in [-0.1, -0.05) is 17.7 Å². The molecule has 0 N–H and O–H groups in total. The second-order valence-electron chi connectivity index (χ2n) is 6.30. The number of aryl methyl sites for hydroxylation is 1. The lowest BCUT2D eigenvalue weighted by atomic mass is 10.1. The van der Waals surface area contributed by atoms with Crippen LogP contribution in [0.3, 0.4) is 0 Å². The molecule has 0 saturated heterocycles. The fraction of sp³-hybridized carbons (Fsp3) is 0.250. The molecular weight excluding hydrogens is 330 g/mol. The van der Waals surface area contributed by atoms with Gasteiger partial charge >= 0.3 is 5.97 Å². The highest BCUT2D eigenvalue weighted by molar-refractivity contribution is 5.90. The average Bonchev–Trinajstić information content (AvgIpc) is 3.12. The van der Waals surface area contributed by atoms with E-state index in [4.69, 9.17) is 9.15 Å². The summed E-state index contributed by atoms with van der Waals surface area (Å²) in [5.74, 6) is 0.231. The zero-order valence-electron chi connectivity index (χ0n) is 15.3. The van der Waals surface area contributed by atoms with Gasteiger partial charge in [0.05, 0.1) is 5.56 Å². The van der Waals surface area contributed by atoms with Gasteiger partial charge in [0, 0.05) is 25.3 Å². The van der Waals surface area contributed by atoms with Gasteiger partial charge < -0.3 is 14.1 Å². The van der Waals surface area contributed by atoms with Crippen molar-refractivity contribution >= 4 is 11.7 Å². The minimum absolute atomic E-state index is 0.263. The molecule has 2 aromatic carbocycles. The van der Waals surface area contributed by atoms with Crippen molar-refractivity contribution in [3.63, 3.8) is 0 Å². The van der Waals surface area contributed by atoms with E-state index in [0.717, 1.165) is 16.8 Å². The zero-order valence-corrected chi connectivity index (χ0v) is 15.3. The molecule has 6 heteroatoms. The third-order valence-corrected chi connectivity index (χ3v) is 3.99. The highest BCUT2D eigenvalue weighted by atomic mass is 16.6. The number of rotatable bonds is 5. The van der Waals surface area contributed by atoms with Gasteiger partial charge in [0.1, 0.15) is 0 Å². The van der Waals surface area contributed by atoms with Gasteiger partial charge in [0.25, 0.3) is 5.89 Å². The van der Waals surface area contributed by atoms with Crippen LogP contribution in [-0.2, 0) is 4.74 Å². The van der Waals surface area contributed by atoms with Crippen LogP contribution in [0.4, 0.5) is 5.69 Å². The molecule has 0 radical (unpaired) electrons. The fourth-order valence-electron chi connectivity index (χ4n) is 2.39. The topological polar surface area (TPSA) is 68.5 Å². The first-order chi connectivity index (χ1) is 12.4. The standard InChI is InChI=1S/C20H21N3O3/c1-13-5-7-15(8-6-13)19-22-21-18(26-19)14(2)25-20(24)16-9-11-17(12-10-16)23(3)4/h5-12,14H,1-4H3/t14-/m0/s1. The summed E-state index contributed by atoms with van der Waals surface area (Å²) < 4.78 is 11.1. The first kappa shape index (κ1) is 17.7. The second kappa shape index (κ2) is 7.39. The number of carbonyl (C=O) groups excluding carboxylic acids is 1. The highest BCUT2D eigenvalue weighted by Gasteiger charge is 2.20. The van der Waals surface area contributed by atoms with Crippen LogP contribution in [0.1, 0.15) is 34.8 Å². The van der Waals surface area contributed by atoms with E-state index in [1.807, 2.05) is 62.3 Å². The summed E-state index contributed by atoms with van der Waals surface area (Å²) in [4.78, 5) is 14.3. The number of ether oxygens (including phenoxy) is 1. The molecule has 6 nitrogen and oxygen atoms in total. The van der Waals surface area contributed by atoms with Crippen molar-refractivity contribution in [1.29, 1.82) is 0 Å². The van der Waals surface area contributed by atoms with E-state index in [2.05, 4.69) is 10.2 Å². The molecule has 1 aromatic heterocycles. The Kier molecular flexibility index (Phi) is 5.02. The van der Waals surface area contributed by atoms with Gasteiger partial charge in [-0.05, 0) is 50.2 Å². The summed E-state index contributed by atoms with van der Waals surface area (Å²) in [5, 5.41) is 8.03. The maximum absolute atomic E-state index is 12.3. The monoisotopic (exact) mass is 351 g/mol. The van der Waals surface area contributed by atoms with Crippen molar-refractivity contribution in [1.82, 2.24) is 10.2 Å². The molecule has 26 heavy (non-hydrogen) atoms. The van der Waals surface area contributed by atoms with Gasteiger partial charge in [0.15, 0.2) is 6.10 Å². The predicted octanol–water partition coefficient (Wildman–Crippen LogP) is 4.03. The van der Waals surface area contributed by atoms with Gasteiger partial charge in [-0.3, -0.25) is 0 Å². The van der Waals surface area contributed by atoms with E-state index in [9.17, 15) is 4.79 Å². The summed E-state index contributed by atoms with van der Waals surface area (Å²) in [7, 11) is 3.88. The fourth-order valence-corrected chi connectivity index (χ4v) is 2.39. The molecule has 3 aromatic rings. The van der Waals surface area contributed by atoms with Crippen LogP contribution in [-0.4, -0.2) is 30.3 Å². The Morgan fingerprint density at radius 3 is 2.31 bits per heavy atom. The molecule has 0 aliphatic rings. The van der Waals surface area contributed by atoms with Crippen LogP contribution in [0.2, 0.25) is 0 Å². The molecule has 1 atom stereocenters. The smallest absolute Gasteiger partial charge is 0.338 e. The van der Waals surface area contributed by atoms with Crippen LogP contribution in [0.5, 0.6) is 0 Å². The lowest BCUT2D eigenvalue weighted by Gasteiger charge is -2.13. The third kappa shape index (κ3) is 3.91. The quantitative estimate of drug-likeness (QED) is 0.647. The number of hydrogen-bond donors (Lipinski definition) is 0. The largest absolute Gasteiger partial charge is 0.449 e. The summed E-state index contributed by atoms with van der Waals surface area (Å²) in [6.45, 7) is 3.72. The minimum Gasteiger partial charge on any atom is -0.449 e. The van der Waals surface area contributed by atoms with Gasteiger partial charge in [-0.25, -0.2) is 4.79 Å². The summed E-state index contributed by atoms with van der Waals surface area (Å²) in [6.07, 6.45) is -0.636. The number of nitrogens with zero attached hydrogens (tertiary/aromatic N) is 3. The molecule has 134 valence electrons. The lowest BCUT2D eigenvalue weighted by molar-refractivity contribution is 0.0280. The summed E-state index contributed by atoms with van der Waals surface area (Å²) in [6, 6.07) is 15.0. The number of hydrogen-bond acceptors (Lipinski definition) is 6. The Hall–Kier alpha value is -3.15. The molecule has 1 heterocycles. The van der Waals surface area contributed by atoms with Gasteiger partial charge in [-0.15, -0.1) is 10.2 Å². The van der Waals surface area contributed by atoms with Crippen LogP contribution in [0, 0.1) is 6.92 Å². The molecule has 0 bridgehead atoms. The normalized spacial score (nSPS) is 11.8. The van der Waals surface area contributed by atoms with Crippen molar-refractivity contribution in [2.45, 2.75) is 20.0 Å². The van der Waals surface area contributed by atoms with Crippen molar-refractivity contribution in [3.8, 4) is 11.5 Å². The SMILES string of the molecule is Cc1ccc(-c2nnc([C@H](C)OC(=O)c3ccc(N(C)C)cc3)o2)cc1. The Morgan fingerprint density at radius 1 is 1.04 bits per heavy atom. The van der Waals surface area contributed by atoms with E-state index < -0.39 is 12.1 Å². The van der Waals surface area contributed by atoms with Gasteiger partial charge in [0.2, 0.25) is 5.89 Å². The molecule has 0 spiro atoms. The Labute approximate surface area is 152 Å². The lowest BCUT2D eigenvalue weighted by Crippen LogP contribution is -2.11.